The molecule has 21 heavy (non-hydrogen) atoms. The number of nitrogens with zero attached hydrogens (tertiary/aromatic N) is 2. The molecular formula is C15H13FN2O2S. The van der Waals surface area contributed by atoms with Gasteiger partial charge in [-0.3, -0.25) is 4.79 Å². The van der Waals surface area contributed by atoms with Crippen LogP contribution in [0.4, 0.5) is 4.39 Å². The molecule has 0 radical (unpaired) electrons. The summed E-state index contributed by atoms with van der Waals surface area (Å²) in [4.78, 5) is 17.8. The summed E-state index contributed by atoms with van der Waals surface area (Å²) in [5.74, 6) is 4.08. The highest BCUT2D eigenvalue weighted by Crippen LogP contribution is 2.14. The summed E-state index contributed by atoms with van der Waals surface area (Å²) in [7, 11) is 1.59. The van der Waals surface area contributed by atoms with E-state index >= 15 is 0 Å². The van der Waals surface area contributed by atoms with Gasteiger partial charge in [-0.1, -0.05) is 11.8 Å². The van der Waals surface area contributed by atoms with Gasteiger partial charge in [0.25, 0.3) is 5.91 Å². The van der Waals surface area contributed by atoms with E-state index < -0.39 is 11.7 Å². The third kappa shape index (κ3) is 3.88. The Hall–Kier alpha value is -2.23. The van der Waals surface area contributed by atoms with Crippen molar-refractivity contribution in [3.05, 3.63) is 51.7 Å². The molecule has 0 bridgehead atoms. The molecule has 1 aromatic carbocycles. The Balaban J connectivity index is 2.21. The van der Waals surface area contributed by atoms with Crippen LogP contribution in [-0.2, 0) is 6.54 Å². The van der Waals surface area contributed by atoms with Crippen molar-refractivity contribution in [2.24, 2.45) is 0 Å². The number of aromatic nitrogens is 1. The van der Waals surface area contributed by atoms with Crippen molar-refractivity contribution in [1.82, 2.24) is 9.88 Å². The summed E-state index contributed by atoms with van der Waals surface area (Å²) in [5, 5.41) is 10.5. The fourth-order valence-electron chi connectivity index (χ4n) is 1.74. The van der Waals surface area contributed by atoms with Crippen molar-refractivity contribution in [3.63, 3.8) is 0 Å². The highest BCUT2D eigenvalue weighted by molar-refractivity contribution is 7.07. The van der Waals surface area contributed by atoms with Crippen molar-refractivity contribution in [1.29, 1.82) is 0 Å². The molecule has 0 aliphatic rings. The zero-order chi connectivity index (χ0) is 15.2. The summed E-state index contributed by atoms with van der Waals surface area (Å²) in [5.41, 5.74) is 2.88. The van der Waals surface area contributed by atoms with E-state index in [1.54, 1.807) is 12.6 Å². The quantitative estimate of drug-likeness (QED) is 0.881. The number of aliphatic hydroxyl groups is 1. The van der Waals surface area contributed by atoms with Gasteiger partial charge in [-0.15, -0.1) is 11.3 Å². The van der Waals surface area contributed by atoms with Crippen LogP contribution in [0.3, 0.4) is 0 Å². The number of halogens is 1. The third-order valence-electron chi connectivity index (χ3n) is 2.74. The Morgan fingerprint density at radius 3 is 3.00 bits per heavy atom. The normalized spacial score (nSPS) is 9.86. The van der Waals surface area contributed by atoms with E-state index in [1.807, 2.05) is 5.38 Å². The van der Waals surface area contributed by atoms with Gasteiger partial charge >= 0.3 is 0 Å². The molecule has 0 fully saturated rings. The van der Waals surface area contributed by atoms with E-state index in [4.69, 9.17) is 5.11 Å². The minimum Gasteiger partial charge on any atom is -0.384 e. The average Bonchev–Trinajstić information content (AvgIpc) is 2.98. The molecule has 2 rings (SSSR count). The Morgan fingerprint density at radius 1 is 1.52 bits per heavy atom. The van der Waals surface area contributed by atoms with Gasteiger partial charge in [0.1, 0.15) is 12.4 Å². The molecule has 1 N–H and O–H groups in total. The van der Waals surface area contributed by atoms with E-state index in [9.17, 15) is 9.18 Å². The number of amides is 1. The van der Waals surface area contributed by atoms with Gasteiger partial charge in [-0.2, -0.15) is 0 Å². The predicted octanol–water partition coefficient (Wildman–Crippen LogP) is 1.90. The maximum absolute atomic E-state index is 13.8. The van der Waals surface area contributed by atoms with Crippen molar-refractivity contribution < 1.29 is 14.3 Å². The SMILES string of the molecule is CN(Cc1cscn1)C(=O)c1cc(C#CCO)ccc1F. The first-order valence-corrected chi connectivity index (χ1v) is 7.08. The van der Waals surface area contributed by atoms with Crippen LogP contribution in [-0.4, -0.2) is 34.6 Å². The van der Waals surface area contributed by atoms with Crippen LogP contribution in [0.25, 0.3) is 0 Å². The highest BCUT2D eigenvalue weighted by atomic mass is 32.1. The monoisotopic (exact) mass is 304 g/mol. The van der Waals surface area contributed by atoms with Crippen LogP contribution in [0.1, 0.15) is 21.6 Å². The van der Waals surface area contributed by atoms with Gasteiger partial charge in [0.05, 0.1) is 23.3 Å². The fraction of sp³-hybridized carbons (Fsp3) is 0.200. The van der Waals surface area contributed by atoms with Crippen LogP contribution in [0.5, 0.6) is 0 Å². The average molecular weight is 304 g/mol. The molecule has 2 aromatic rings. The number of hydrogen-bond acceptors (Lipinski definition) is 4. The lowest BCUT2D eigenvalue weighted by molar-refractivity contribution is 0.0779. The van der Waals surface area contributed by atoms with Gasteiger partial charge in [0, 0.05) is 18.0 Å². The van der Waals surface area contributed by atoms with E-state index in [-0.39, 0.29) is 12.2 Å². The molecule has 0 aliphatic carbocycles. The Morgan fingerprint density at radius 2 is 2.33 bits per heavy atom. The molecule has 0 atom stereocenters. The van der Waals surface area contributed by atoms with Crippen LogP contribution >= 0.6 is 11.3 Å². The van der Waals surface area contributed by atoms with Gasteiger partial charge in [-0.25, -0.2) is 9.37 Å². The minimum atomic E-state index is -0.598. The zero-order valence-electron chi connectivity index (χ0n) is 11.3. The van der Waals surface area contributed by atoms with Gasteiger partial charge in [0.2, 0.25) is 0 Å². The summed E-state index contributed by atoms with van der Waals surface area (Å²) >= 11 is 1.44. The number of carbonyl (C=O) groups is 1. The Labute approximate surface area is 125 Å². The van der Waals surface area contributed by atoms with E-state index in [0.29, 0.717) is 12.1 Å². The number of carbonyl (C=O) groups excluding carboxylic acids is 1. The topological polar surface area (TPSA) is 53.4 Å². The molecule has 1 heterocycles. The first-order chi connectivity index (χ1) is 10.1. The largest absolute Gasteiger partial charge is 0.384 e. The number of aliphatic hydroxyl groups excluding tert-OH is 1. The lowest BCUT2D eigenvalue weighted by atomic mass is 10.1. The van der Waals surface area contributed by atoms with E-state index in [2.05, 4.69) is 16.8 Å². The molecule has 0 saturated carbocycles. The number of thiazole rings is 1. The van der Waals surface area contributed by atoms with E-state index in [1.165, 1.54) is 34.4 Å². The van der Waals surface area contributed by atoms with Crippen LogP contribution < -0.4 is 0 Å². The maximum Gasteiger partial charge on any atom is 0.256 e. The van der Waals surface area contributed by atoms with Crippen molar-refractivity contribution in [2.45, 2.75) is 6.54 Å². The van der Waals surface area contributed by atoms with E-state index in [0.717, 1.165) is 5.69 Å². The molecule has 6 heteroatoms. The molecule has 108 valence electrons. The molecule has 0 spiro atoms. The lowest BCUT2D eigenvalue weighted by Crippen LogP contribution is -2.27. The zero-order valence-corrected chi connectivity index (χ0v) is 12.2. The molecule has 0 saturated heterocycles. The number of hydrogen-bond donors (Lipinski definition) is 1. The third-order valence-corrected chi connectivity index (χ3v) is 3.37. The summed E-state index contributed by atoms with van der Waals surface area (Å²) in [6.45, 7) is 0.0265. The molecule has 4 nitrogen and oxygen atoms in total. The molecular weight excluding hydrogens is 291 g/mol. The lowest BCUT2D eigenvalue weighted by Gasteiger charge is -2.16. The summed E-state index contributed by atoms with van der Waals surface area (Å²) in [6.07, 6.45) is 0. The Bertz CT molecular complexity index is 689. The van der Waals surface area contributed by atoms with Gasteiger partial charge in [0.15, 0.2) is 0 Å². The number of rotatable bonds is 3. The standard InChI is InChI=1S/C15H13FN2O2S/c1-18(8-12-9-21-10-17-12)15(20)13-7-11(3-2-6-19)4-5-14(13)16/h4-5,7,9-10,19H,6,8H2,1H3. The second-order valence-electron chi connectivity index (χ2n) is 4.30. The molecule has 1 amide bonds. The van der Waals surface area contributed by atoms with Crippen molar-refractivity contribution in [2.75, 3.05) is 13.7 Å². The highest BCUT2D eigenvalue weighted by Gasteiger charge is 2.17. The first-order valence-electron chi connectivity index (χ1n) is 6.13. The maximum atomic E-state index is 13.8. The minimum absolute atomic E-state index is 0.0440. The molecule has 0 aliphatic heterocycles. The van der Waals surface area contributed by atoms with Crippen LogP contribution in [0.15, 0.2) is 29.1 Å². The second-order valence-corrected chi connectivity index (χ2v) is 5.01. The van der Waals surface area contributed by atoms with Gasteiger partial charge in [-0.05, 0) is 18.2 Å². The first kappa shape index (κ1) is 15.2. The smallest absolute Gasteiger partial charge is 0.256 e. The van der Waals surface area contributed by atoms with Crippen molar-refractivity contribution in [3.8, 4) is 11.8 Å². The summed E-state index contributed by atoms with van der Waals surface area (Å²) in [6, 6.07) is 4.05. The predicted molar refractivity (Wildman–Crippen MR) is 78.3 cm³/mol. The Kier molecular flexibility index (Phi) is 5.04. The number of benzene rings is 1. The molecule has 0 unspecified atom stereocenters. The van der Waals surface area contributed by atoms with Crippen molar-refractivity contribution >= 4 is 17.2 Å². The molecule has 1 aromatic heterocycles. The van der Waals surface area contributed by atoms with Crippen LogP contribution in [0, 0.1) is 17.7 Å². The van der Waals surface area contributed by atoms with Crippen LogP contribution in [0.2, 0.25) is 0 Å². The van der Waals surface area contributed by atoms with Gasteiger partial charge < -0.3 is 10.0 Å². The fourth-order valence-corrected chi connectivity index (χ4v) is 2.29. The summed E-state index contributed by atoms with van der Waals surface area (Å²) < 4.78 is 13.8. The second kappa shape index (κ2) is 6.97.